The Morgan fingerprint density at radius 1 is 1.22 bits per heavy atom. The highest BCUT2D eigenvalue weighted by Crippen LogP contribution is 2.23. The lowest BCUT2D eigenvalue weighted by molar-refractivity contribution is -0.138. The molecule has 2 atom stereocenters. The summed E-state index contributed by atoms with van der Waals surface area (Å²) in [5.41, 5.74) is 0.501. The summed E-state index contributed by atoms with van der Waals surface area (Å²) in [5.74, 6) is -1.31. The largest absolute Gasteiger partial charge is 0.481 e. The average molecular weight is 340 g/mol. The molecular weight excluding hydrogens is 320 g/mol. The van der Waals surface area contributed by atoms with Gasteiger partial charge in [0, 0.05) is 24.7 Å². The standard InChI is InChI=1S/C15H20N2O5S/c1-11-9-16(15(20)12-6-4-3-5-7-12)10-13(8-14(18)19)17(11)23(2,21)22/h3-7,11,13H,8-10H2,1-2H3,(H,18,19)/t11-,13+/m1/s1. The molecule has 0 saturated carbocycles. The summed E-state index contributed by atoms with van der Waals surface area (Å²) >= 11 is 0. The van der Waals surface area contributed by atoms with Gasteiger partial charge in [0.2, 0.25) is 10.0 Å². The fraction of sp³-hybridized carbons (Fsp3) is 0.467. The number of benzene rings is 1. The Hall–Kier alpha value is -1.93. The number of carbonyl (C=O) groups excluding carboxylic acids is 1. The van der Waals surface area contributed by atoms with Crippen molar-refractivity contribution in [2.75, 3.05) is 19.3 Å². The van der Waals surface area contributed by atoms with E-state index in [1.165, 1.54) is 9.21 Å². The van der Waals surface area contributed by atoms with E-state index in [9.17, 15) is 18.0 Å². The number of hydrogen-bond acceptors (Lipinski definition) is 4. The second-order valence-corrected chi connectivity index (χ2v) is 7.66. The summed E-state index contributed by atoms with van der Waals surface area (Å²) in [6.45, 7) is 1.98. The number of amides is 1. The van der Waals surface area contributed by atoms with Gasteiger partial charge in [-0.25, -0.2) is 8.42 Å². The molecule has 0 bridgehead atoms. The second kappa shape index (κ2) is 6.67. The van der Waals surface area contributed by atoms with Gasteiger partial charge in [-0.05, 0) is 19.1 Å². The first-order valence-corrected chi connectivity index (χ1v) is 9.09. The van der Waals surface area contributed by atoms with Crippen molar-refractivity contribution in [2.45, 2.75) is 25.4 Å². The van der Waals surface area contributed by atoms with Crippen molar-refractivity contribution in [3.63, 3.8) is 0 Å². The quantitative estimate of drug-likeness (QED) is 0.868. The SMILES string of the molecule is C[C@@H]1CN(C(=O)c2ccccc2)C[C@H](CC(=O)O)N1S(C)(=O)=O. The zero-order valence-corrected chi connectivity index (χ0v) is 13.9. The molecule has 7 nitrogen and oxygen atoms in total. The number of aliphatic carboxylic acids is 1. The lowest BCUT2D eigenvalue weighted by Gasteiger charge is -2.43. The zero-order valence-electron chi connectivity index (χ0n) is 13.0. The van der Waals surface area contributed by atoms with E-state index in [1.54, 1.807) is 37.3 Å². The second-order valence-electron chi connectivity index (χ2n) is 5.77. The number of hydrogen-bond donors (Lipinski definition) is 1. The number of carboxylic acids is 1. The molecule has 1 aliphatic rings. The molecule has 0 spiro atoms. The predicted octanol–water partition coefficient (Wildman–Crippen LogP) is 0.636. The summed E-state index contributed by atoms with van der Waals surface area (Å²) in [4.78, 5) is 25.1. The maximum absolute atomic E-state index is 12.5. The number of sulfonamides is 1. The van der Waals surface area contributed by atoms with Crippen LogP contribution in [0.1, 0.15) is 23.7 Å². The minimum Gasteiger partial charge on any atom is -0.481 e. The number of carbonyl (C=O) groups is 2. The molecule has 1 aliphatic heterocycles. The summed E-state index contributed by atoms with van der Waals surface area (Å²) in [6.07, 6.45) is 0.725. The summed E-state index contributed by atoms with van der Waals surface area (Å²) in [5, 5.41) is 9.05. The Kier molecular flexibility index (Phi) is 5.06. The van der Waals surface area contributed by atoms with Crippen LogP contribution < -0.4 is 0 Å². The van der Waals surface area contributed by atoms with Gasteiger partial charge in [0.05, 0.1) is 18.7 Å². The summed E-state index contributed by atoms with van der Waals surface area (Å²) < 4.78 is 25.1. The van der Waals surface area contributed by atoms with E-state index >= 15 is 0 Å². The molecule has 1 aromatic carbocycles. The average Bonchev–Trinajstić information content (AvgIpc) is 2.44. The maximum atomic E-state index is 12.5. The van der Waals surface area contributed by atoms with E-state index in [2.05, 4.69) is 0 Å². The molecule has 8 heteroatoms. The molecule has 126 valence electrons. The minimum atomic E-state index is -3.55. The van der Waals surface area contributed by atoms with Gasteiger partial charge in [0.15, 0.2) is 0 Å². The molecule has 0 aromatic heterocycles. The van der Waals surface area contributed by atoms with Gasteiger partial charge in [0.1, 0.15) is 0 Å². The van der Waals surface area contributed by atoms with Crippen LogP contribution >= 0.6 is 0 Å². The highest BCUT2D eigenvalue weighted by atomic mass is 32.2. The van der Waals surface area contributed by atoms with E-state index in [-0.39, 0.29) is 25.4 Å². The molecule has 2 rings (SSSR count). The van der Waals surface area contributed by atoms with Gasteiger partial charge in [-0.2, -0.15) is 4.31 Å². The van der Waals surface area contributed by atoms with Crippen molar-refractivity contribution in [3.8, 4) is 0 Å². The number of rotatable bonds is 4. The van der Waals surface area contributed by atoms with E-state index in [0.717, 1.165) is 6.26 Å². The Balaban J connectivity index is 2.27. The summed E-state index contributed by atoms with van der Waals surface area (Å²) in [6, 6.07) is 7.42. The molecule has 1 N–H and O–H groups in total. The van der Waals surface area contributed by atoms with Crippen LogP contribution in [0.2, 0.25) is 0 Å². The molecule has 1 saturated heterocycles. The lowest BCUT2D eigenvalue weighted by atomic mass is 10.1. The van der Waals surface area contributed by atoms with Crippen LogP contribution in [0.25, 0.3) is 0 Å². The fourth-order valence-corrected chi connectivity index (χ4v) is 4.45. The first-order valence-electron chi connectivity index (χ1n) is 7.24. The van der Waals surface area contributed by atoms with E-state index in [0.29, 0.717) is 5.56 Å². The topological polar surface area (TPSA) is 95.0 Å². The van der Waals surface area contributed by atoms with Gasteiger partial charge in [-0.3, -0.25) is 9.59 Å². The first kappa shape index (κ1) is 17.4. The molecule has 1 amide bonds. The van der Waals surface area contributed by atoms with Crippen LogP contribution in [-0.2, 0) is 14.8 Å². The smallest absolute Gasteiger partial charge is 0.305 e. The highest BCUT2D eigenvalue weighted by Gasteiger charge is 2.40. The van der Waals surface area contributed by atoms with E-state index in [1.807, 2.05) is 0 Å². The van der Waals surface area contributed by atoms with Crippen LogP contribution in [-0.4, -0.2) is 66.0 Å². The normalized spacial score (nSPS) is 22.8. The molecular formula is C15H20N2O5S. The lowest BCUT2D eigenvalue weighted by Crippen LogP contribution is -2.60. The molecule has 0 unspecified atom stereocenters. The third-order valence-corrected chi connectivity index (χ3v) is 5.24. The number of carboxylic acid groups (broad SMARTS) is 1. The van der Waals surface area contributed by atoms with Crippen molar-refractivity contribution in [2.24, 2.45) is 0 Å². The van der Waals surface area contributed by atoms with Crippen molar-refractivity contribution in [1.29, 1.82) is 0 Å². The van der Waals surface area contributed by atoms with Crippen LogP contribution in [0.15, 0.2) is 30.3 Å². The molecule has 23 heavy (non-hydrogen) atoms. The third-order valence-electron chi connectivity index (χ3n) is 3.81. The molecule has 1 fully saturated rings. The van der Waals surface area contributed by atoms with Gasteiger partial charge >= 0.3 is 5.97 Å². The highest BCUT2D eigenvalue weighted by molar-refractivity contribution is 7.88. The molecule has 1 heterocycles. The van der Waals surface area contributed by atoms with E-state index < -0.39 is 28.1 Å². The molecule has 0 aliphatic carbocycles. The van der Waals surface area contributed by atoms with Crippen molar-refractivity contribution in [1.82, 2.24) is 9.21 Å². The van der Waals surface area contributed by atoms with Crippen molar-refractivity contribution < 1.29 is 23.1 Å². The monoisotopic (exact) mass is 340 g/mol. The molecule has 0 radical (unpaired) electrons. The zero-order chi connectivity index (χ0) is 17.2. The van der Waals surface area contributed by atoms with E-state index in [4.69, 9.17) is 5.11 Å². The van der Waals surface area contributed by atoms with Crippen molar-refractivity contribution in [3.05, 3.63) is 35.9 Å². The fourth-order valence-electron chi connectivity index (χ4n) is 3.05. The van der Waals surface area contributed by atoms with Gasteiger partial charge in [-0.15, -0.1) is 0 Å². The Labute approximate surface area is 135 Å². The molecule has 1 aromatic rings. The van der Waals surface area contributed by atoms with Gasteiger partial charge in [-0.1, -0.05) is 18.2 Å². The Morgan fingerprint density at radius 3 is 2.35 bits per heavy atom. The minimum absolute atomic E-state index is 0.0669. The Bertz CT molecular complexity index is 689. The van der Waals surface area contributed by atoms with Crippen LogP contribution in [0.4, 0.5) is 0 Å². The Morgan fingerprint density at radius 2 is 1.83 bits per heavy atom. The number of piperazine rings is 1. The van der Waals surface area contributed by atoms with Crippen LogP contribution in [0, 0.1) is 0 Å². The predicted molar refractivity (Wildman–Crippen MR) is 84.5 cm³/mol. The van der Waals surface area contributed by atoms with Crippen LogP contribution in [0.3, 0.4) is 0 Å². The number of nitrogens with zero attached hydrogens (tertiary/aromatic N) is 2. The summed E-state index contributed by atoms with van der Waals surface area (Å²) in [7, 11) is -3.55. The van der Waals surface area contributed by atoms with Gasteiger partial charge in [0.25, 0.3) is 5.91 Å². The first-order chi connectivity index (χ1) is 10.7. The van der Waals surface area contributed by atoms with Crippen LogP contribution in [0.5, 0.6) is 0 Å². The maximum Gasteiger partial charge on any atom is 0.305 e. The third kappa shape index (κ3) is 4.08. The van der Waals surface area contributed by atoms with Crippen molar-refractivity contribution >= 4 is 21.9 Å². The van der Waals surface area contributed by atoms with Gasteiger partial charge < -0.3 is 10.0 Å².